The van der Waals surface area contributed by atoms with Crippen molar-refractivity contribution >= 4 is 23.0 Å². The van der Waals surface area contributed by atoms with Crippen LogP contribution in [0.25, 0.3) is 22.5 Å². The molecule has 0 spiro atoms. The maximum Gasteiger partial charge on any atom is 0.345 e. The zero-order valence-corrected chi connectivity index (χ0v) is 19.3. The van der Waals surface area contributed by atoms with Crippen LogP contribution >= 0.6 is 11.3 Å². The van der Waals surface area contributed by atoms with Crippen molar-refractivity contribution in [3.05, 3.63) is 70.1 Å². The van der Waals surface area contributed by atoms with E-state index in [-0.39, 0.29) is 22.9 Å². The first-order chi connectivity index (χ1) is 17.1. The van der Waals surface area contributed by atoms with Gasteiger partial charge in [-0.15, -0.1) is 11.3 Å². The number of rotatable bonds is 7. The first kappa shape index (κ1) is 22.6. The second-order valence-electron chi connectivity index (χ2n) is 7.79. The molecule has 1 aromatic carbocycles. The summed E-state index contributed by atoms with van der Waals surface area (Å²) in [5.74, 6) is -0.851. The maximum absolute atomic E-state index is 11.2. The lowest BCUT2D eigenvalue weighted by Crippen LogP contribution is -2.36. The van der Waals surface area contributed by atoms with E-state index in [0.29, 0.717) is 35.7 Å². The third-order valence-electron chi connectivity index (χ3n) is 5.59. The fraction of sp³-hybridized carbons (Fsp3) is 0.200. The van der Waals surface area contributed by atoms with E-state index in [1.165, 1.54) is 6.26 Å². The van der Waals surface area contributed by atoms with Crippen LogP contribution in [0, 0.1) is 11.3 Å². The van der Waals surface area contributed by atoms with Crippen LogP contribution < -0.4 is 9.64 Å². The molecule has 1 aliphatic heterocycles. The molecule has 1 fully saturated rings. The maximum atomic E-state index is 11.2. The van der Waals surface area contributed by atoms with Crippen LogP contribution in [-0.4, -0.2) is 47.5 Å². The van der Waals surface area contributed by atoms with Gasteiger partial charge in [-0.2, -0.15) is 5.26 Å². The van der Waals surface area contributed by atoms with Gasteiger partial charge < -0.3 is 24.0 Å². The first-order valence-corrected chi connectivity index (χ1v) is 11.7. The summed E-state index contributed by atoms with van der Waals surface area (Å²) in [5, 5.41) is 24.8. The summed E-state index contributed by atoms with van der Waals surface area (Å²) < 4.78 is 16.4. The van der Waals surface area contributed by atoms with Crippen LogP contribution in [0.1, 0.15) is 20.8 Å². The van der Waals surface area contributed by atoms with Crippen LogP contribution in [0.4, 0.5) is 5.69 Å². The SMILES string of the molecule is N#Cc1c(-c2ccon2)cc(-c2ccc(N3CCOCC3)cc2)nc1OCc1csc(C(=O)O)c1. The fourth-order valence-electron chi connectivity index (χ4n) is 3.82. The Balaban J connectivity index is 1.49. The zero-order valence-electron chi connectivity index (χ0n) is 18.5. The van der Waals surface area contributed by atoms with Crippen molar-refractivity contribution in [3.8, 4) is 34.5 Å². The number of aromatic carboxylic acids is 1. The van der Waals surface area contributed by atoms with Gasteiger partial charge in [0.05, 0.1) is 18.9 Å². The first-order valence-electron chi connectivity index (χ1n) is 10.8. The summed E-state index contributed by atoms with van der Waals surface area (Å²) >= 11 is 1.12. The van der Waals surface area contributed by atoms with Crippen LogP contribution in [0.3, 0.4) is 0 Å². The molecule has 0 radical (unpaired) electrons. The minimum Gasteiger partial charge on any atom is -0.477 e. The number of nitriles is 1. The Morgan fingerprint density at radius 1 is 1.17 bits per heavy atom. The van der Waals surface area contributed by atoms with Gasteiger partial charge in [-0.1, -0.05) is 17.3 Å². The fourth-order valence-corrected chi connectivity index (χ4v) is 4.55. The molecule has 0 amide bonds. The highest BCUT2D eigenvalue weighted by molar-refractivity contribution is 7.12. The molecule has 0 unspecified atom stereocenters. The zero-order chi connectivity index (χ0) is 24.2. The number of anilines is 1. The van der Waals surface area contributed by atoms with Crippen molar-refractivity contribution < 1.29 is 23.9 Å². The Bertz CT molecular complexity index is 1370. The quantitative estimate of drug-likeness (QED) is 0.402. The van der Waals surface area contributed by atoms with E-state index in [4.69, 9.17) is 19.1 Å². The number of pyridine rings is 1. The molecule has 0 aliphatic carbocycles. The van der Waals surface area contributed by atoms with Gasteiger partial charge in [0.25, 0.3) is 0 Å². The van der Waals surface area contributed by atoms with Gasteiger partial charge in [-0.3, -0.25) is 0 Å². The number of ether oxygens (including phenoxy) is 2. The van der Waals surface area contributed by atoms with Crippen LogP contribution in [-0.2, 0) is 11.3 Å². The monoisotopic (exact) mass is 488 g/mol. The van der Waals surface area contributed by atoms with Gasteiger partial charge in [0.15, 0.2) is 0 Å². The number of carbonyl (C=O) groups is 1. The van der Waals surface area contributed by atoms with Gasteiger partial charge in [0.1, 0.15) is 35.1 Å². The number of aromatic nitrogens is 2. The summed E-state index contributed by atoms with van der Waals surface area (Å²) in [7, 11) is 0. The predicted molar refractivity (Wildman–Crippen MR) is 129 cm³/mol. The van der Waals surface area contributed by atoms with Crippen LogP contribution in [0.5, 0.6) is 5.88 Å². The van der Waals surface area contributed by atoms with Crippen molar-refractivity contribution in [1.82, 2.24) is 10.1 Å². The summed E-state index contributed by atoms with van der Waals surface area (Å²) in [6, 6.07) is 15.2. The molecule has 0 saturated carbocycles. The van der Waals surface area contributed by atoms with E-state index in [1.807, 2.05) is 24.3 Å². The van der Waals surface area contributed by atoms with Crippen molar-refractivity contribution in [2.45, 2.75) is 6.61 Å². The topological polar surface area (TPSA) is 122 Å². The third-order valence-corrected chi connectivity index (χ3v) is 6.56. The lowest BCUT2D eigenvalue weighted by molar-refractivity contribution is 0.0702. The number of hydrogen-bond donors (Lipinski definition) is 1. The standard InChI is InChI=1S/C25H20N4O5S/c26-13-20-19(21-5-8-34-28-21)12-22(17-1-3-18(4-2-17)29-6-9-32-10-7-29)27-24(20)33-14-16-11-23(25(30)31)35-15-16/h1-5,8,11-12,15H,6-7,9-10,14H2,(H,30,31). The molecule has 9 nitrogen and oxygen atoms in total. The van der Waals surface area contributed by atoms with E-state index in [9.17, 15) is 10.1 Å². The lowest BCUT2D eigenvalue weighted by Gasteiger charge is -2.28. The second-order valence-corrected chi connectivity index (χ2v) is 8.70. The lowest BCUT2D eigenvalue weighted by atomic mass is 10.0. The van der Waals surface area contributed by atoms with Gasteiger partial charge >= 0.3 is 5.97 Å². The highest BCUT2D eigenvalue weighted by Gasteiger charge is 2.19. The van der Waals surface area contributed by atoms with Crippen LogP contribution in [0.2, 0.25) is 0 Å². The third kappa shape index (κ3) is 4.87. The van der Waals surface area contributed by atoms with Gasteiger partial charge in [0.2, 0.25) is 5.88 Å². The van der Waals surface area contributed by atoms with Crippen molar-refractivity contribution in [3.63, 3.8) is 0 Å². The molecule has 1 aliphatic rings. The molecule has 4 heterocycles. The molecule has 5 rings (SSSR count). The van der Waals surface area contributed by atoms with Crippen LogP contribution in [0.15, 0.2) is 58.6 Å². The van der Waals surface area contributed by atoms with E-state index in [2.05, 4.69) is 21.1 Å². The van der Waals surface area contributed by atoms with E-state index < -0.39 is 5.97 Å². The predicted octanol–water partition coefficient (Wildman–Crippen LogP) is 4.45. The summed E-state index contributed by atoms with van der Waals surface area (Å²) in [6.45, 7) is 3.17. The van der Waals surface area contributed by atoms with Crippen molar-refractivity contribution in [2.24, 2.45) is 0 Å². The number of benzene rings is 1. The molecule has 35 heavy (non-hydrogen) atoms. The Morgan fingerprint density at radius 3 is 2.63 bits per heavy atom. The molecular weight excluding hydrogens is 468 g/mol. The average Bonchev–Trinajstić information content (AvgIpc) is 3.60. The Morgan fingerprint density at radius 2 is 1.97 bits per heavy atom. The van der Waals surface area contributed by atoms with E-state index in [0.717, 1.165) is 35.7 Å². The molecular formula is C25H20N4O5S. The highest BCUT2D eigenvalue weighted by Crippen LogP contribution is 2.34. The van der Waals surface area contributed by atoms with E-state index in [1.54, 1.807) is 23.6 Å². The minimum atomic E-state index is -0.993. The summed E-state index contributed by atoms with van der Waals surface area (Å²) in [4.78, 5) is 18.3. The minimum absolute atomic E-state index is 0.0726. The molecule has 0 bridgehead atoms. The average molecular weight is 489 g/mol. The highest BCUT2D eigenvalue weighted by atomic mass is 32.1. The van der Waals surface area contributed by atoms with Gasteiger partial charge in [-0.05, 0) is 29.6 Å². The molecule has 10 heteroatoms. The molecule has 4 aromatic rings. The van der Waals surface area contributed by atoms with Crippen molar-refractivity contribution in [1.29, 1.82) is 5.26 Å². The molecule has 0 atom stereocenters. The molecule has 1 saturated heterocycles. The number of thiophene rings is 1. The normalized spacial score (nSPS) is 13.4. The number of carboxylic acids is 1. The number of morpholine rings is 1. The van der Waals surface area contributed by atoms with Gasteiger partial charge in [-0.25, -0.2) is 9.78 Å². The Labute approximate surface area is 204 Å². The smallest absolute Gasteiger partial charge is 0.345 e. The largest absolute Gasteiger partial charge is 0.477 e. The summed E-state index contributed by atoms with van der Waals surface area (Å²) in [6.07, 6.45) is 1.44. The Kier molecular flexibility index (Phi) is 6.43. The number of nitrogens with zero attached hydrogens (tertiary/aromatic N) is 4. The molecule has 3 aromatic heterocycles. The Hall–Kier alpha value is -4.20. The number of hydrogen-bond acceptors (Lipinski definition) is 9. The number of carboxylic acid groups (broad SMARTS) is 1. The second kappa shape index (κ2) is 9.97. The van der Waals surface area contributed by atoms with Crippen molar-refractivity contribution in [2.75, 3.05) is 31.2 Å². The molecule has 176 valence electrons. The van der Waals surface area contributed by atoms with Gasteiger partial charge in [0, 0.05) is 41.5 Å². The summed E-state index contributed by atoms with van der Waals surface area (Å²) in [5.41, 5.74) is 4.50. The molecule has 1 N–H and O–H groups in total. The van der Waals surface area contributed by atoms with E-state index >= 15 is 0 Å².